The van der Waals surface area contributed by atoms with E-state index in [1.54, 1.807) is 13.8 Å². The maximum atomic E-state index is 12.9. The van der Waals surface area contributed by atoms with Gasteiger partial charge in [-0.2, -0.15) is 0 Å². The van der Waals surface area contributed by atoms with Crippen molar-refractivity contribution in [2.24, 2.45) is 0 Å². The van der Waals surface area contributed by atoms with Gasteiger partial charge < -0.3 is 5.32 Å². The second kappa shape index (κ2) is 5.02. The number of benzene rings is 1. The molecule has 0 heterocycles. The first-order valence-electron chi connectivity index (χ1n) is 4.69. The van der Waals surface area contributed by atoms with E-state index in [9.17, 15) is 9.18 Å². The summed E-state index contributed by atoms with van der Waals surface area (Å²) < 4.78 is 12.9. The summed E-state index contributed by atoms with van der Waals surface area (Å²) >= 11 is 11.3. The summed E-state index contributed by atoms with van der Waals surface area (Å²) in [5.41, 5.74) is -0.205. The molecule has 0 aliphatic carbocycles. The van der Waals surface area contributed by atoms with E-state index in [4.69, 9.17) is 23.2 Å². The number of carbonyl (C=O) groups excluding carboxylic acids is 1. The van der Waals surface area contributed by atoms with Crippen molar-refractivity contribution in [3.8, 4) is 0 Å². The monoisotopic (exact) mass is 263 g/mol. The molecule has 2 nitrogen and oxygen atoms in total. The summed E-state index contributed by atoms with van der Waals surface area (Å²) in [6.45, 7) is 3.59. The highest BCUT2D eigenvalue weighted by molar-refractivity contribution is 6.31. The van der Waals surface area contributed by atoms with Gasteiger partial charge in [0, 0.05) is 17.0 Å². The van der Waals surface area contributed by atoms with E-state index >= 15 is 0 Å². The Labute approximate surface area is 104 Å². The van der Waals surface area contributed by atoms with Crippen LogP contribution in [0.1, 0.15) is 24.2 Å². The second-order valence-electron chi connectivity index (χ2n) is 4.10. The highest BCUT2D eigenvalue weighted by Gasteiger charge is 2.20. The smallest absolute Gasteiger partial charge is 0.251 e. The molecule has 1 aromatic rings. The highest BCUT2D eigenvalue weighted by Crippen LogP contribution is 2.16. The normalized spacial score (nSPS) is 11.3. The van der Waals surface area contributed by atoms with Crippen molar-refractivity contribution in [1.82, 2.24) is 5.32 Å². The Kier molecular flexibility index (Phi) is 4.16. The lowest BCUT2D eigenvalue weighted by molar-refractivity contribution is 0.0920. The molecule has 1 N–H and O–H groups in total. The molecule has 0 unspecified atom stereocenters. The molecular formula is C11H12Cl2FNO. The van der Waals surface area contributed by atoms with E-state index in [0.717, 1.165) is 6.07 Å². The van der Waals surface area contributed by atoms with Gasteiger partial charge in [0.2, 0.25) is 0 Å². The molecule has 0 fully saturated rings. The molecular weight excluding hydrogens is 252 g/mol. The first-order valence-corrected chi connectivity index (χ1v) is 5.60. The Bertz CT molecular complexity index is 407. The first kappa shape index (κ1) is 13.3. The molecule has 88 valence electrons. The van der Waals surface area contributed by atoms with Crippen LogP contribution in [0.5, 0.6) is 0 Å². The van der Waals surface area contributed by atoms with E-state index in [2.05, 4.69) is 5.32 Å². The first-order chi connectivity index (χ1) is 7.35. The van der Waals surface area contributed by atoms with Crippen LogP contribution in [0.15, 0.2) is 18.2 Å². The highest BCUT2D eigenvalue weighted by atomic mass is 35.5. The Morgan fingerprint density at radius 3 is 2.62 bits per heavy atom. The molecule has 0 aliphatic rings. The second-order valence-corrected chi connectivity index (χ2v) is 4.77. The van der Waals surface area contributed by atoms with Crippen molar-refractivity contribution in [3.05, 3.63) is 34.6 Å². The average molecular weight is 264 g/mol. The Morgan fingerprint density at radius 2 is 2.12 bits per heavy atom. The van der Waals surface area contributed by atoms with Crippen LogP contribution < -0.4 is 5.32 Å². The lowest BCUT2D eigenvalue weighted by Gasteiger charge is -2.23. The van der Waals surface area contributed by atoms with Crippen LogP contribution in [-0.4, -0.2) is 17.3 Å². The zero-order chi connectivity index (χ0) is 12.3. The zero-order valence-electron chi connectivity index (χ0n) is 8.98. The van der Waals surface area contributed by atoms with Gasteiger partial charge in [0.25, 0.3) is 5.91 Å². The molecule has 1 amide bonds. The van der Waals surface area contributed by atoms with Crippen molar-refractivity contribution in [1.29, 1.82) is 0 Å². The molecule has 16 heavy (non-hydrogen) atoms. The Balaban J connectivity index is 2.85. The van der Waals surface area contributed by atoms with Crippen LogP contribution in [0.4, 0.5) is 4.39 Å². The van der Waals surface area contributed by atoms with Gasteiger partial charge in [-0.1, -0.05) is 11.6 Å². The van der Waals surface area contributed by atoms with E-state index in [1.807, 2.05) is 0 Å². The third-order valence-corrected chi connectivity index (χ3v) is 2.93. The summed E-state index contributed by atoms with van der Waals surface area (Å²) in [5, 5.41) is 2.64. The summed E-state index contributed by atoms with van der Waals surface area (Å²) in [6.07, 6.45) is 0. The molecule has 0 radical (unpaired) electrons. The minimum atomic E-state index is -0.546. The molecule has 0 aromatic heterocycles. The fraction of sp³-hybridized carbons (Fsp3) is 0.364. The van der Waals surface area contributed by atoms with Crippen molar-refractivity contribution in [3.63, 3.8) is 0 Å². The van der Waals surface area contributed by atoms with Gasteiger partial charge in [0.15, 0.2) is 0 Å². The number of halogens is 3. The number of nitrogens with one attached hydrogen (secondary N) is 1. The summed E-state index contributed by atoms with van der Waals surface area (Å²) in [5.74, 6) is -0.587. The molecule has 0 saturated carbocycles. The number of rotatable bonds is 3. The fourth-order valence-corrected chi connectivity index (χ4v) is 1.30. The molecule has 0 atom stereocenters. The quantitative estimate of drug-likeness (QED) is 0.834. The molecule has 5 heteroatoms. The summed E-state index contributed by atoms with van der Waals surface area (Å²) in [6, 6.07) is 3.82. The predicted molar refractivity (Wildman–Crippen MR) is 63.7 cm³/mol. The maximum Gasteiger partial charge on any atom is 0.251 e. The van der Waals surface area contributed by atoms with Gasteiger partial charge in [0.1, 0.15) is 5.82 Å². The largest absolute Gasteiger partial charge is 0.346 e. The van der Waals surface area contributed by atoms with Crippen molar-refractivity contribution < 1.29 is 9.18 Å². The van der Waals surface area contributed by atoms with Gasteiger partial charge in [-0.05, 0) is 32.0 Å². The standard InChI is InChI=1S/C11H12Cl2FNO/c1-11(2,6-12)15-10(16)7-3-4-9(14)8(13)5-7/h3-5H,6H2,1-2H3,(H,15,16). The van der Waals surface area contributed by atoms with Gasteiger partial charge in [-0.25, -0.2) is 4.39 Å². The number of carbonyl (C=O) groups is 1. The Hall–Kier alpha value is -0.800. The number of alkyl halides is 1. The van der Waals surface area contributed by atoms with E-state index < -0.39 is 11.4 Å². The van der Waals surface area contributed by atoms with Crippen molar-refractivity contribution in [2.45, 2.75) is 19.4 Å². The number of hydrogen-bond acceptors (Lipinski definition) is 1. The van der Waals surface area contributed by atoms with Crippen LogP contribution in [0.3, 0.4) is 0 Å². The molecule has 0 bridgehead atoms. The van der Waals surface area contributed by atoms with E-state index in [-0.39, 0.29) is 16.8 Å². The van der Waals surface area contributed by atoms with Crippen molar-refractivity contribution >= 4 is 29.1 Å². The molecule has 0 aliphatic heterocycles. The van der Waals surface area contributed by atoms with Gasteiger partial charge in [-0.15, -0.1) is 11.6 Å². The van der Waals surface area contributed by atoms with Gasteiger partial charge >= 0.3 is 0 Å². The van der Waals surface area contributed by atoms with Crippen LogP contribution >= 0.6 is 23.2 Å². The maximum absolute atomic E-state index is 12.9. The molecule has 1 aromatic carbocycles. The van der Waals surface area contributed by atoms with Gasteiger partial charge in [0.05, 0.1) is 5.02 Å². The lowest BCUT2D eigenvalue weighted by atomic mass is 10.1. The van der Waals surface area contributed by atoms with E-state index in [1.165, 1.54) is 12.1 Å². The van der Waals surface area contributed by atoms with E-state index in [0.29, 0.717) is 5.56 Å². The van der Waals surface area contributed by atoms with Crippen LogP contribution in [0, 0.1) is 5.82 Å². The number of amides is 1. The van der Waals surface area contributed by atoms with Crippen LogP contribution in [-0.2, 0) is 0 Å². The third kappa shape index (κ3) is 3.35. The van der Waals surface area contributed by atoms with Crippen LogP contribution in [0.25, 0.3) is 0 Å². The Morgan fingerprint density at radius 1 is 1.50 bits per heavy atom. The predicted octanol–water partition coefficient (Wildman–Crippen LogP) is 3.23. The van der Waals surface area contributed by atoms with Crippen LogP contribution in [0.2, 0.25) is 5.02 Å². The summed E-state index contributed by atoms with van der Waals surface area (Å²) in [7, 11) is 0. The number of hydrogen-bond donors (Lipinski definition) is 1. The molecule has 1 rings (SSSR count). The van der Waals surface area contributed by atoms with Gasteiger partial charge in [-0.3, -0.25) is 4.79 Å². The van der Waals surface area contributed by atoms with Crippen molar-refractivity contribution in [2.75, 3.05) is 5.88 Å². The molecule has 0 saturated heterocycles. The lowest BCUT2D eigenvalue weighted by Crippen LogP contribution is -2.44. The zero-order valence-corrected chi connectivity index (χ0v) is 10.5. The minimum absolute atomic E-state index is 0.0728. The molecule has 0 spiro atoms. The average Bonchev–Trinajstić information content (AvgIpc) is 2.21. The minimum Gasteiger partial charge on any atom is -0.346 e. The SMILES string of the molecule is CC(C)(CCl)NC(=O)c1ccc(F)c(Cl)c1. The third-order valence-electron chi connectivity index (χ3n) is 1.97. The topological polar surface area (TPSA) is 29.1 Å². The summed E-state index contributed by atoms with van der Waals surface area (Å²) in [4.78, 5) is 11.7. The fourth-order valence-electron chi connectivity index (χ4n) is 1.05.